The Bertz CT molecular complexity index is 1180. The number of fused-ring (bicyclic) bond motifs is 1. The van der Waals surface area contributed by atoms with Crippen molar-refractivity contribution in [2.75, 3.05) is 19.1 Å². The molecule has 0 unspecified atom stereocenters. The molecule has 6 nitrogen and oxygen atoms in total. The predicted molar refractivity (Wildman–Crippen MR) is 123 cm³/mol. The Kier molecular flexibility index (Phi) is 5.89. The Hall–Kier alpha value is -3.80. The monoisotopic (exact) mass is 414 g/mol. The van der Waals surface area contributed by atoms with Gasteiger partial charge < -0.3 is 15.0 Å². The summed E-state index contributed by atoms with van der Waals surface area (Å²) in [5.41, 5.74) is 5.37. The average Bonchev–Trinajstić information content (AvgIpc) is 3.21. The molecule has 4 aromatic rings. The van der Waals surface area contributed by atoms with E-state index in [1.54, 1.807) is 7.11 Å². The minimum absolute atomic E-state index is 0.116. The molecule has 0 saturated carbocycles. The third-order valence-corrected chi connectivity index (χ3v) is 5.39. The van der Waals surface area contributed by atoms with Gasteiger partial charge in [0.1, 0.15) is 17.1 Å². The highest BCUT2D eigenvalue weighted by molar-refractivity contribution is 5.94. The summed E-state index contributed by atoms with van der Waals surface area (Å²) in [7, 11) is 3.68. The number of methoxy groups -OCH3 is 1. The van der Waals surface area contributed by atoms with Gasteiger partial charge in [0.25, 0.3) is 5.91 Å². The molecule has 2 aromatic carbocycles. The van der Waals surface area contributed by atoms with E-state index in [9.17, 15) is 4.79 Å². The van der Waals surface area contributed by atoms with Crippen molar-refractivity contribution < 1.29 is 9.53 Å². The molecule has 0 fully saturated rings. The number of rotatable bonds is 7. The minimum Gasteiger partial charge on any atom is -0.497 e. The summed E-state index contributed by atoms with van der Waals surface area (Å²) < 4.78 is 7.07. The molecule has 158 valence electrons. The maximum Gasteiger partial charge on any atom is 0.270 e. The number of anilines is 2. The number of carbonyl (C=O) groups excluding carboxylic acids is 1. The lowest BCUT2D eigenvalue weighted by atomic mass is 10.1. The van der Waals surface area contributed by atoms with Crippen LogP contribution in [0, 0.1) is 0 Å². The number of hydrogen-bond acceptors (Lipinski definition) is 4. The van der Waals surface area contributed by atoms with Gasteiger partial charge in [-0.15, -0.1) is 0 Å². The Morgan fingerprint density at radius 2 is 1.71 bits per heavy atom. The van der Waals surface area contributed by atoms with E-state index in [4.69, 9.17) is 4.74 Å². The van der Waals surface area contributed by atoms with Crippen LogP contribution in [-0.2, 0) is 13.0 Å². The van der Waals surface area contributed by atoms with Gasteiger partial charge in [-0.3, -0.25) is 9.20 Å². The lowest BCUT2D eigenvalue weighted by Crippen LogP contribution is -2.25. The minimum atomic E-state index is -0.116. The number of aromatic nitrogens is 2. The molecule has 0 radical (unpaired) electrons. The highest BCUT2D eigenvalue weighted by atomic mass is 16.5. The van der Waals surface area contributed by atoms with Crippen LogP contribution in [-0.4, -0.2) is 29.4 Å². The van der Waals surface area contributed by atoms with Crippen molar-refractivity contribution in [3.05, 3.63) is 89.9 Å². The first-order valence-corrected chi connectivity index (χ1v) is 10.3. The molecule has 31 heavy (non-hydrogen) atoms. The van der Waals surface area contributed by atoms with Gasteiger partial charge in [0.2, 0.25) is 0 Å². The van der Waals surface area contributed by atoms with Gasteiger partial charge in [-0.1, -0.05) is 25.1 Å². The Morgan fingerprint density at radius 1 is 1.03 bits per heavy atom. The molecule has 2 heterocycles. The van der Waals surface area contributed by atoms with Crippen LogP contribution < -0.4 is 15.0 Å². The molecule has 0 aliphatic heterocycles. The number of hydrogen-bond donors (Lipinski definition) is 1. The van der Waals surface area contributed by atoms with Gasteiger partial charge in [-0.25, -0.2) is 4.98 Å². The Morgan fingerprint density at radius 3 is 2.35 bits per heavy atom. The third-order valence-electron chi connectivity index (χ3n) is 5.39. The number of imidazole rings is 1. The zero-order valence-corrected chi connectivity index (χ0v) is 18.0. The van der Waals surface area contributed by atoms with E-state index in [1.807, 2.05) is 79.2 Å². The van der Waals surface area contributed by atoms with E-state index in [2.05, 4.69) is 27.3 Å². The van der Waals surface area contributed by atoms with Crippen LogP contribution in [0.15, 0.2) is 72.9 Å². The molecule has 0 aliphatic carbocycles. The maximum absolute atomic E-state index is 12.9. The van der Waals surface area contributed by atoms with Crippen LogP contribution in [0.1, 0.15) is 28.7 Å². The molecule has 1 amide bonds. The molecule has 6 heteroatoms. The molecule has 1 N–H and O–H groups in total. The fourth-order valence-corrected chi connectivity index (χ4v) is 3.59. The number of amides is 1. The zero-order chi connectivity index (χ0) is 21.8. The topological polar surface area (TPSA) is 58.9 Å². The van der Waals surface area contributed by atoms with Crippen molar-refractivity contribution in [3.63, 3.8) is 0 Å². The van der Waals surface area contributed by atoms with Crippen molar-refractivity contribution in [1.82, 2.24) is 14.7 Å². The molecule has 2 aromatic heterocycles. The molecule has 0 atom stereocenters. The third kappa shape index (κ3) is 4.23. The van der Waals surface area contributed by atoms with Crippen molar-refractivity contribution in [3.8, 4) is 5.75 Å². The van der Waals surface area contributed by atoms with Crippen molar-refractivity contribution in [1.29, 1.82) is 0 Å². The zero-order valence-electron chi connectivity index (χ0n) is 18.0. The normalized spacial score (nSPS) is 10.8. The Labute approximate surface area is 182 Å². The van der Waals surface area contributed by atoms with E-state index < -0.39 is 0 Å². The number of carbonyl (C=O) groups is 1. The largest absolute Gasteiger partial charge is 0.497 e. The smallest absolute Gasteiger partial charge is 0.270 e. The highest BCUT2D eigenvalue weighted by Gasteiger charge is 2.17. The van der Waals surface area contributed by atoms with Crippen LogP contribution in [0.2, 0.25) is 0 Å². The van der Waals surface area contributed by atoms with Gasteiger partial charge in [0.15, 0.2) is 0 Å². The van der Waals surface area contributed by atoms with Crippen molar-refractivity contribution in [2.45, 2.75) is 19.9 Å². The van der Waals surface area contributed by atoms with E-state index in [0.29, 0.717) is 18.7 Å². The number of ether oxygens (including phenoxy) is 1. The summed E-state index contributed by atoms with van der Waals surface area (Å²) in [5.74, 6) is 0.718. The van der Waals surface area contributed by atoms with Gasteiger partial charge in [0, 0.05) is 31.2 Å². The van der Waals surface area contributed by atoms with Gasteiger partial charge in [-0.2, -0.15) is 0 Å². The summed E-state index contributed by atoms with van der Waals surface area (Å²) in [4.78, 5) is 19.6. The second-order valence-electron chi connectivity index (χ2n) is 7.30. The lowest BCUT2D eigenvalue weighted by molar-refractivity contribution is 0.0944. The molecular weight excluding hydrogens is 388 g/mol. The molecule has 0 aliphatic rings. The van der Waals surface area contributed by atoms with Crippen LogP contribution in [0.4, 0.5) is 11.4 Å². The van der Waals surface area contributed by atoms with Gasteiger partial charge >= 0.3 is 0 Å². The second-order valence-corrected chi connectivity index (χ2v) is 7.30. The van der Waals surface area contributed by atoms with E-state index in [0.717, 1.165) is 34.0 Å². The van der Waals surface area contributed by atoms with Crippen LogP contribution >= 0.6 is 0 Å². The predicted octanol–water partition coefficient (Wildman–Crippen LogP) is 4.60. The fraction of sp³-hybridized carbons (Fsp3) is 0.200. The number of nitrogens with one attached hydrogen (secondary N) is 1. The Balaban J connectivity index is 1.44. The summed E-state index contributed by atoms with van der Waals surface area (Å²) in [6, 6.07) is 21.8. The van der Waals surface area contributed by atoms with Gasteiger partial charge in [-0.05, 0) is 60.5 Å². The first-order chi connectivity index (χ1) is 15.1. The fourth-order valence-electron chi connectivity index (χ4n) is 3.59. The molecule has 4 rings (SSSR count). The van der Waals surface area contributed by atoms with Gasteiger partial charge in [0.05, 0.1) is 12.8 Å². The first kappa shape index (κ1) is 20.5. The average molecular weight is 415 g/mol. The summed E-state index contributed by atoms with van der Waals surface area (Å²) in [6.07, 6.45) is 2.58. The summed E-state index contributed by atoms with van der Waals surface area (Å²) in [5, 5.41) is 3.03. The number of aryl methyl sites for hydroxylation is 1. The van der Waals surface area contributed by atoms with Crippen LogP contribution in [0.3, 0.4) is 0 Å². The first-order valence-electron chi connectivity index (χ1n) is 10.3. The number of pyridine rings is 1. The van der Waals surface area contributed by atoms with Crippen molar-refractivity contribution >= 4 is 22.9 Å². The lowest BCUT2D eigenvalue weighted by Gasteiger charge is -2.20. The number of nitrogens with zero attached hydrogens (tertiary/aromatic N) is 3. The van der Waals surface area contributed by atoms with E-state index in [1.165, 1.54) is 0 Å². The van der Waals surface area contributed by atoms with E-state index in [-0.39, 0.29) is 5.91 Å². The van der Waals surface area contributed by atoms with Crippen molar-refractivity contribution in [2.24, 2.45) is 0 Å². The highest BCUT2D eigenvalue weighted by Crippen LogP contribution is 2.25. The second kappa shape index (κ2) is 8.92. The molecule has 0 bridgehead atoms. The summed E-state index contributed by atoms with van der Waals surface area (Å²) in [6.45, 7) is 2.46. The van der Waals surface area contributed by atoms with E-state index >= 15 is 0 Å². The molecular formula is C25H26N4O2. The molecule has 0 spiro atoms. The van der Waals surface area contributed by atoms with Crippen LogP contribution in [0.5, 0.6) is 5.75 Å². The van der Waals surface area contributed by atoms with Crippen LogP contribution in [0.25, 0.3) is 5.65 Å². The molecule has 0 saturated heterocycles. The maximum atomic E-state index is 12.9. The summed E-state index contributed by atoms with van der Waals surface area (Å²) >= 11 is 0. The quantitative estimate of drug-likeness (QED) is 0.480. The standard InChI is InChI=1S/C25H26N4O2/c1-4-22-24(29-16-6-5-7-23(29)27-22)25(30)26-17-18-8-10-19(11-9-18)28(2)20-12-14-21(31-3)15-13-20/h5-16H,4,17H2,1-3H3,(H,26,30). The number of benzene rings is 2. The SMILES string of the molecule is CCc1nc2ccccn2c1C(=O)NCc1ccc(N(C)c2ccc(OC)cc2)cc1.